The van der Waals surface area contributed by atoms with Gasteiger partial charge in [0, 0.05) is 11.6 Å². The maximum Gasteiger partial charge on any atom is 0.124 e. The first-order chi connectivity index (χ1) is 9.69. The average molecular weight is 285 g/mol. The summed E-state index contributed by atoms with van der Waals surface area (Å²) in [6.45, 7) is 2.09. The van der Waals surface area contributed by atoms with Crippen molar-refractivity contribution < 1.29 is 9.47 Å². The zero-order chi connectivity index (χ0) is 14.1. The normalized spacial score (nSPS) is 10.8. The standard InChI is InChI=1S/C16H15NO2S/c1-10-4-5-14-15(6-10)20-16(17-14)11-7-12(18-2)9-13(8-11)19-3/h4-9H,1-3H3. The van der Waals surface area contributed by atoms with Gasteiger partial charge in [-0.1, -0.05) is 6.07 Å². The van der Waals surface area contributed by atoms with Crippen molar-refractivity contribution in [2.24, 2.45) is 0 Å². The minimum absolute atomic E-state index is 0.773. The number of aryl methyl sites for hydroxylation is 1. The molecule has 0 unspecified atom stereocenters. The Morgan fingerprint density at radius 2 is 1.65 bits per heavy atom. The number of hydrogen-bond acceptors (Lipinski definition) is 4. The molecule has 1 heterocycles. The fourth-order valence-corrected chi connectivity index (χ4v) is 3.14. The van der Waals surface area contributed by atoms with E-state index in [4.69, 9.17) is 9.47 Å². The predicted molar refractivity (Wildman–Crippen MR) is 82.9 cm³/mol. The van der Waals surface area contributed by atoms with Gasteiger partial charge in [0.05, 0.1) is 24.4 Å². The molecule has 3 aromatic rings. The van der Waals surface area contributed by atoms with Crippen molar-refractivity contribution >= 4 is 21.6 Å². The summed E-state index contributed by atoms with van der Waals surface area (Å²) in [6, 6.07) is 12.1. The van der Waals surface area contributed by atoms with Crippen LogP contribution in [0, 0.1) is 6.92 Å². The summed E-state index contributed by atoms with van der Waals surface area (Å²) in [5.74, 6) is 1.55. The molecule has 3 nitrogen and oxygen atoms in total. The van der Waals surface area contributed by atoms with Crippen LogP contribution in [0.2, 0.25) is 0 Å². The molecule has 0 saturated carbocycles. The number of thiazole rings is 1. The second-order valence-electron chi connectivity index (χ2n) is 4.59. The first kappa shape index (κ1) is 12.9. The van der Waals surface area contributed by atoms with Crippen LogP contribution in [0.15, 0.2) is 36.4 Å². The van der Waals surface area contributed by atoms with Crippen LogP contribution in [0.25, 0.3) is 20.8 Å². The molecule has 2 aromatic carbocycles. The highest BCUT2D eigenvalue weighted by Crippen LogP contribution is 2.34. The number of ether oxygens (including phenoxy) is 2. The third-order valence-corrected chi connectivity index (χ3v) is 4.21. The van der Waals surface area contributed by atoms with Gasteiger partial charge in [0.1, 0.15) is 16.5 Å². The lowest BCUT2D eigenvalue weighted by Gasteiger charge is -2.06. The Morgan fingerprint density at radius 3 is 2.30 bits per heavy atom. The summed E-state index contributed by atoms with van der Waals surface area (Å²) in [5, 5.41) is 0.975. The highest BCUT2D eigenvalue weighted by Gasteiger charge is 2.09. The maximum absolute atomic E-state index is 5.31. The second-order valence-corrected chi connectivity index (χ2v) is 5.62. The molecule has 4 heteroatoms. The van der Waals surface area contributed by atoms with Crippen LogP contribution in [-0.4, -0.2) is 19.2 Å². The van der Waals surface area contributed by atoms with Gasteiger partial charge in [-0.2, -0.15) is 0 Å². The number of benzene rings is 2. The van der Waals surface area contributed by atoms with Gasteiger partial charge in [0.15, 0.2) is 0 Å². The van der Waals surface area contributed by atoms with Gasteiger partial charge in [-0.25, -0.2) is 4.98 Å². The van der Waals surface area contributed by atoms with E-state index in [9.17, 15) is 0 Å². The molecule has 0 aliphatic rings. The number of fused-ring (bicyclic) bond motifs is 1. The molecule has 0 radical (unpaired) electrons. The van der Waals surface area contributed by atoms with E-state index >= 15 is 0 Å². The maximum atomic E-state index is 5.31. The molecule has 0 bridgehead atoms. The fraction of sp³-hybridized carbons (Fsp3) is 0.188. The lowest BCUT2D eigenvalue weighted by molar-refractivity contribution is 0.394. The highest BCUT2D eigenvalue weighted by atomic mass is 32.1. The molecule has 0 spiro atoms. The summed E-state index contributed by atoms with van der Waals surface area (Å²) >= 11 is 1.68. The Kier molecular flexibility index (Phi) is 3.32. The van der Waals surface area contributed by atoms with Crippen LogP contribution in [0.4, 0.5) is 0 Å². The fourth-order valence-electron chi connectivity index (χ4n) is 2.09. The first-order valence-corrected chi connectivity index (χ1v) is 7.12. The van der Waals surface area contributed by atoms with Crippen molar-refractivity contribution in [2.45, 2.75) is 6.92 Å². The Hall–Kier alpha value is -2.07. The molecule has 0 N–H and O–H groups in total. The SMILES string of the molecule is COc1cc(OC)cc(-c2nc3ccc(C)cc3s2)c1. The Balaban J connectivity index is 2.14. The monoisotopic (exact) mass is 285 g/mol. The van der Waals surface area contributed by atoms with Crippen LogP contribution in [0.3, 0.4) is 0 Å². The molecular formula is C16H15NO2S. The van der Waals surface area contributed by atoms with Gasteiger partial charge in [0.25, 0.3) is 0 Å². The van der Waals surface area contributed by atoms with E-state index < -0.39 is 0 Å². The molecule has 0 amide bonds. The highest BCUT2D eigenvalue weighted by molar-refractivity contribution is 7.21. The Bertz CT molecular complexity index is 742. The van der Waals surface area contributed by atoms with E-state index in [-0.39, 0.29) is 0 Å². The van der Waals surface area contributed by atoms with Gasteiger partial charge >= 0.3 is 0 Å². The lowest BCUT2D eigenvalue weighted by atomic mass is 10.2. The van der Waals surface area contributed by atoms with Crippen LogP contribution >= 0.6 is 11.3 Å². The minimum atomic E-state index is 0.773. The van der Waals surface area contributed by atoms with Crippen molar-refractivity contribution in [1.29, 1.82) is 0 Å². The molecule has 20 heavy (non-hydrogen) atoms. The molecule has 0 fully saturated rings. The molecule has 102 valence electrons. The molecule has 0 aliphatic carbocycles. The van der Waals surface area contributed by atoms with Crippen molar-refractivity contribution in [3.63, 3.8) is 0 Å². The van der Waals surface area contributed by atoms with Gasteiger partial charge in [-0.05, 0) is 36.8 Å². The third kappa shape index (κ3) is 2.34. The van der Waals surface area contributed by atoms with Gasteiger partial charge in [-0.3, -0.25) is 0 Å². The number of nitrogens with zero attached hydrogens (tertiary/aromatic N) is 1. The number of rotatable bonds is 3. The summed E-state index contributed by atoms with van der Waals surface area (Å²) in [4.78, 5) is 4.68. The van der Waals surface area contributed by atoms with Crippen LogP contribution in [0.5, 0.6) is 11.5 Å². The largest absolute Gasteiger partial charge is 0.497 e. The molecule has 0 saturated heterocycles. The van der Waals surface area contributed by atoms with Crippen molar-refractivity contribution in [2.75, 3.05) is 14.2 Å². The van der Waals surface area contributed by atoms with Gasteiger partial charge < -0.3 is 9.47 Å². The second kappa shape index (κ2) is 5.13. The number of aromatic nitrogens is 1. The minimum Gasteiger partial charge on any atom is -0.497 e. The number of methoxy groups -OCH3 is 2. The molecule has 0 aliphatic heterocycles. The predicted octanol–water partition coefficient (Wildman–Crippen LogP) is 4.29. The Morgan fingerprint density at radius 1 is 0.950 bits per heavy atom. The molecular weight excluding hydrogens is 270 g/mol. The summed E-state index contributed by atoms with van der Waals surface area (Å²) in [5.41, 5.74) is 3.29. The van der Waals surface area contributed by atoms with Crippen LogP contribution < -0.4 is 9.47 Å². The third-order valence-electron chi connectivity index (χ3n) is 3.14. The van der Waals surface area contributed by atoms with Gasteiger partial charge in [0.2, 0.25) is 0 Å². The summed E-state index contributed by atoms with van der Waals surface area (Å²) in [7, 11) is 3.31. The summed E-state index contributed by atoms with van der Waals surface area (Å²) < 4.78 is 11.8. The lowest BCUT2D eigenvalue weighted by Crippen LogP contribution is -1.88. The molecule has 0 atom stereocenters. The van der Waals surface area contributed by atoms with E-state index in [1.807, 2.05) is 18.2 Å². The van der Waals surface area contributed by atoms with E-state index in [0.717, 1.165) is 27.6 Å². The number of hydrogen-bond donors (Lipinski definition) is 0. The molecule has 1 aromatic heterocycles. The molecule has 3 rings (SSSR count). The van der Waals surface area contributed by atoms with Gasteiger partial charge in [-0.15, -0.1) is 11.3 Å². The van der Waals surface area contributed by atoms with Crippen molar-refractivity contribution in [1.82, 2.24) is 4.98 Å². The Labute approximate surface area is 121 Å². The van der Waals surface area contributed by atoms with E-state index in [0.29, 0.717) is 0 Å². The van der Waals surface area contributed by atoms with E-state index in [1.165, 1.54) is 10.3 Å². The van der Waals surface area contributed by atoms with Crippen LogP contribution in [0.1, 0.15) is 5.56 Å². The van der Waals surface area contributed by atoms with Crippen molar-refractivity contribution in [3.05, 3.63) is 42.0 Å². The van der Waals surface area contributed by atoms with Crippen LogP contribution in [-0.2, 0) is 0 Å². The van der Waals surface area contributed by atoms with Crippen molar-refractivity contribution in [3.8, 4) is 22.1 Å². The topological polar surface area (TPSA) is 31.4 Å². The summed E-state index contributed by atoms with van der Waals surface area (Å²) in [6.07, 6.45) is 0. The van der Waals surface area contributed by atoms with E-state index in [1.54, 1.807) is 25.6 Å². The first-order valence-electron chi connectivity index (χ1n) is 6.30. The average Bonchev–Trinajstić information content (AvgIpc) is 2.89. The van der Waals surface area contributed by atoms with E-state index in [2.05, 4.69) is 30.1 Å². The zero-order valence-corrected chi connectivity index (χ0v) is 12.5. The smallest absolute Gasteiger partial charge is 0.124 e. The zero-order valence-electron chi connectivity index (χ0n) is 11.6. The quantitative estimate of drug-likeness (QED) is 0.719.